The summed E-state index contributed by atoms with van der Waals surface area (Å²) in [5.74, 6) is 0.823. The molecule has 0 amide bonds. The molecule has 29 heavy (non-hydrogen) atoms. The summed E-state index contributed by atoms with van der Waals surface area (Å²) in [6, 6.07) is 21.1. The van der Waals surface area contributed by atoms with Crippen molar-refractivity contribution in [3.05, 3.63) is 93.5 Å². The summed E-state index contributed by atoms with van der Waals surface area (Å²) in [5, 5.41) is 15.3. The van der Waals surface area contributed by atoms with Crippen LogP contribution in [0.1, 0.15) is 42.2 Å². The first kappa shape index (κ1) is 21.5. The van der Waals surface area contributed by atoms with Crippen LogP contribution in [-0.4, -0.2) is 11.7 Å². The highest BCUT2D eigenvalue weighted by Crippen LogP contribution is 2.33. The minimum atomic E-state index is -0.620. The van der Waals surface area contributed by atoms with Crippen LogP contribution in [0.3, 0.4) is 0 Å². The normalized spacial score (nSPS) is 13.0. The third-order valence-corrected chi connectivity index (χ3v) is 5.51. The molecule has 0 spiro atoms. The second-order valence-corrected chi connectivity index (χ2v) is 7.80. The predicted molar refractivity (Wildman–Crippen MR) is 121 cm³/mol. The van der Waals surface area contributed by atoms with Crippen molar-refractivity contribution < 1.29 is 9.84 Å². The Bertz CT molecular complexity index is 927. The lowest BCUT2D eigenvalue weighted by atomic mass is 9.96. The number of hydrogen-bond acceptors (Lipinski definition) is 3. The number of ether oxygens (including phenoxy) is 1. The SMILES string of the molecule is CCOc1ccc(NC(CC(O)c2ccc(C)cc2)c2ccc(Cl)c(Cl)c2)cc1. The standard InChI is InChI=1S/C24H25Cl2NO2/c1-3-29-20-11-9-19(10-12-20)27-23(18-8-13-21(25)22(26)14-18)15-24(28)17-6-4-16(2)5-7-17/h4-14,23-24,27-28H,3,15H2,1-2H3. The van der Waals surface area contributed by atoms with E-state index in [-0.39, 0.29) is 6.04 Å². The van der Waals surface area contributed by atoms with E-state index in [0.29, 0.717) is 23.1 Å². The molecular weight excluding hydrogens is 405 g/mol. The third-order valence-electron chi connectivity index (χ3n) is 4.77. The van der Waals surface area contributed by atoms with E-state index in [1.807, 2.05) is 74.5 Å². The second-order valence-electron chi connectivity index (χ2n) is 6.99. The molecule has 2 unspecified atom stereocenters. The molecule has 3 nitrogen and oxygen atoms in total. The van der Waals surface area contributed by atoms with Crippen molar-refractivity contribution in [3.8, 4) is 5.75 Å². The molecule has 0 fully saturated rings. The van der Waals surface area contributed by atoms with Gasteiger partial charge in [-0.2, -0.15) is 0 Å². The van der Waals surface area contributed by atoms with Crippen LogP contribution in [0.4, 0.5) is 5.69 Å². The fraction of sp³-hybridized carbons (Fsp3) is 0.250. The minimum Gasteiger partial charge on any atom is -0.494 e. The Labute approximate surface area is 182 Å². The maximum Gasteiger partial charge on any atom is 0.119 e. The average molecular weight is 430 g/mol. The molecule has 0 heterocycles. The molecule has 0 saturated heterocycles. The first-order valence-corrected chi connectivity index (χ1v) is 10.4. The number of nitrogens with one attached hydrogen (secondary N) is 1. The van der Waals surface area contributed by atoms with Gasteiger partial charge in [0.2, 0.25) is 0 Å². The van der Waals surface area contributed by atoms with Gasteiger partial charge in [0.25, 0.3) is 0 Å². The van der Waals surface area contributed by atoms with Gasteiger partial charge in [0.05, 0.1) is 28.8 Å². The van der Waals surface area contributed by atoms with Gasteiger partial charge in [0, 0.05) is 12.1 Å². The predicted octanol–water partition coefficient (Wildman–Crippen LogP) is 6.98. The molecule has 152 valence electrons. The van der Waals surface area contributed by atoms with Crippen LogP contribution >= 0.6 is 23.2 Å². The Morgan fingerprint density at radius 2 is 1.55 bits per heavy atom. The van der Waals surface area contributed by atoms with Crippen LogP contribution < -0.4 is 10.1 Å². The monoisotopic (exact) mass is 429 g/mol. The highest BCUT2D eigenvalue weighted by Gasteiger charge is 2.19. The van der Waals surface area contributed by atoms with Gasteiger partial charge in [-0.15, -0.1) is 0 Å². The lowest BCUT2D eigenvalue weighted by Gasteiger charge is -2.24. The van der Waals surface area contributed by atoms with Gasteiger partial charge in [0.1, 0.15) is 5.75 Å². The molecule has 0 aromatic heterocycles. The topological polar surface area (TPSA) is 41.5 Å². The van der Waals surface area contributed by atoms with E-state index in [2.05, 4.69) is 5.32 Å². The number of aliphatic hydroxyl groups excluding tert-OH is 1. The highest BCUT2D eigenvalue weighted by atomic mass is 35.5. The molecular formula is C24H25Cl2NO2. The number of rotatable bonds is 8. The summed E-state index contributed by atoms with van der Waals surface area (Å²) in [5.41, 5.74) is 3.93. The Hall–Kier alpha value is -2.20. The summed E-state index contributed by atoms with van der Waals surface area (Å²) in [7, 11) is 0. The van der Waals surface area contributed by atoms with Crippen LogP contribution in [0.25, 0.3) is 0 Å². The van der Waals surface area contributed by atoms with E-state index in [0.717, 1.165) is 28.1 Å². The molecule has 2 N–H and O–H groups in total. The number of aliphatic hydroxyl groups is 1. The van der Waals surface area contributed by atoms with Gasteiger partial charge in [-0.25, -0.2) is 0 Å². The van der Waals surface area contributed by atoms with Crippen LogP contribution in [0, 0.1) is 6.92 Å². The van der Waals surface area contributed by atoms with Crippen LogP contribution in [0.15, 0.2) is 66.7 Å². The van der Waals surface area contributed by atoms with E-state index >= 15 is 0 Å². The Morgan fingerprint density at radius 3 is 2.17 bits per heavy atom. The fourth-order valence-corrected chi connectivity index (χ4v) is 3.48. The maximum absolute atomic E-state index is 10.8. The Morgan fingerprint density at radius 1 is 0.897 bits per heavy atom. The van der Waals surface area contributed by atoms with Crippen molar-refractivity contribution >= 4 is 28.9 Å². The van der Waals surface area contributed by atoms with Crippen molar-refractivity contribution in [1.82, 2.24) is 0 Å². The number of benzene rings is 3. The highest BCUT2D eigenvalue weighted by molar-refractivity contribution is 6.42. The van der Waals surface area contributed by atoms with E-state index < -0.39 is 6.10 Å². The summed E-state index contributed by atoms with van der Waals surface area (Å²) in [6.07, 6.45) is -0.140. The van der Waals surface area contributed by atoms with Crippen molar-refractivity contribution in [2.75, 3.05) is 11.9 Å². The molecule has 0 aliphatic carbocycles. The van der Waals surface area contributed by atoms with Gasteiger partial charge in [-0.3, -0.25) is 0 Å². The quantitative estimate of drug-likeness (QED) is 0.405. The molecule has 0 bridgehead atoms. The zero-order valence-electron chi connectivity index (χ0n) is 16.5. The van der Waals surface area contributed by atoms with E-state index in [9.17, 15) is 5.11 Å². The summed E-state index contributed by atoms with van der Waals surface area (Å²) in [4.78, 5) is 0. The van der Waals surface area contributed by atoms with Crippen molar-refractivity contribution in [3.63, 3.8) is 0 Å². The van der Waals surface area contributed by atoms with Gasteiger partial charge in [0.15, 0.2) is 0 Å². The molecule has 3 aromatic carbocycles. The van der Waals surface area contributed by atoms with Gasteiger partial charge in [-0.05, 0) is 61.4 Å². The van der Waals surface area contributed by atoms with Crippen molar-refractivity contribution in [1.29, 1.82) is 0 Å². The molecule has 0 aliphatic heterocycles. The van der Waals surface area contributed by atoms with E-state index in [1.165, 1.54) is 0 Å². The summed E-state index contributed by atoms with van der Waals surface area (Å²) in [6.45, 7) is 4.61. The second kappa shape index (κ2) is 10.0. The van der Waals surface area contributed by atoms with E-state index in [1.54, 1.807) is 6.07 Å². The molecule has 5 heteroatoms. The zero-order chi connectivity index (χ0) is 20.8. The van der Waals surface area contributed by atoms with Crippen molar-refractivity contribution in [2.45, 2.75) is 32.4 Å². The minimum absolute atomic E-state index is 0.154. The van der Waals surface area contributed by atoms with E-state index in [4.69, 9.17) is 27.9 Å². The molecule has 3 rings (SSSR count). The molecule has 3 aromatic rings. The first-order valence-electron chi connectivity index (χ1n) is 9.65. The molecule has 0 aliphatic rings. The summed E-state index contributed by atoms with van der Waals surface area (Å²) < 4.78 is 5.51. The summed E-state index contributed by atoms with van der Waals surface area (Å²) >= 11 is 12.3. The molecule has 0 saturated carbocycles. The van der Waals surface area contributed by atoms with Crippen LogP contribution in [0.5, 0.6) is 5.75 Å². The molecule has 0 radical (unpaired) electrons. The van der Waals surface area contributed by atoms with Crippen LogP contribution in [0.2, 0.25) is 10.0 Å². The van der Waals surface area contributed by atoms with Gasteiger partial charge < -0.3 is 15.2 Å². The Kier molecular flexibility index (Phi) is 7.43. The third kappa shape index (κ3) is 5.89. The fourth-order valence-electron chi connectivity index (χ4n) is 3.17. The smallest absolute Gasteiger partial charge is 0.119 e. The van der Waals surface area contributed by atoms with Gasteiger partial charge in [-0.1, -0.05) is 59.1 Å². The lowest BCUT2D eigenvalue weighted by molar-refractivity contribution is 0.160. The molecule has 2 atom stereocenters. The van der Waals surface area contributed by atoms with Gasteiger partial charge >= 0.3 is 0 Å². The maximum atomic E-state index is 10.8. The van der Waals surface area contributed by atoms with Crippen molar-refractivity contribution in [2.24, 2.45) is 0 Å². The Balaban J connectivity index is 1.84. The average Bonchev–Trinajstić information content (AvgIpc) is 2.71. The number of halogens is 2. The largest absolute Gasteiger partial charge is 0.494 e. The number of aryl methyl sites for hydroxylation is 1. The number of anilines is 1. The van der Waals surface area contributed by atoms with Crippen LogP contribution in [-0.2, 0) is 0 Å². The zero-order valence-corrected chi connectivity index (χ0v) is 18.0. The first-order chi connectivity index (χ1) is 14.0. The number of hydrogen-bond donors (Lipinski definition) is 2. The lowest BCUT2D eigenvalue weighted by Crippen LogP contribution is -2.15.